The number of aliphatic carboxylic acids is 2. The van der Waals surface area contributed by atoms with Gasteiger partial charge in [0.05, 0.1) is 16.8 Å². The SMILES string of the molecule is Cc1nccn1-c1ccc(NC(=O)c2cc(C(F)(F)F)nn2-c2ccc3onc(N)c3c2)c(F)c1.O=C(O)C(F)(F)F.O=C(O)C(F)(F)F. The Balaban J connectivity index is 0.000000392. The molecule has 0 atom stereocenters. The zero-order chi connectivity index (χ0) is 37.1. The number of benzene rings is 2. The maximum Gasteiger partial charge on any atom is 0.490 e. The van der Waals surface area contributed by atoms with E-state index in [0.29, 0.717) is 28.5 Å². The van der Waals surface area contributed by atoms with Crippen molar-refractivity contribution < 1.29 is 73.0 Å². The van der Waals surface area contributed by atoms with Crippen molar-refractivity contribution in [3.8, 4) is 11.4 Å². The molecule has 0 saturated heterocycles. The number of nitrogen functional groups attached to an aromatic ring is 1. The summed E-state index contributed by atoms with van der Waals surface area (Å²) in [5.41, 5.74) is 4.59. The summed E-state index contributed by atoms with van der Waals surface area (Å²) in [6.45, 7) is 1.73. The van der Waals surface area contributed by atoms with Gasteiger partial charge in [0, 0.05) is 30.2 Å². The number of carbonyl (C=O) groups is 3. The Kier molecular flexibility index (Phi) is 10.6. The van der Waals surface area contributed by atoms with Gasteiger partial charge in [-0.3, -0.25) is 4.79 Å². The summed E-state index contributed by atoms with van der Waals surface area (Å²) in [5.74, 6) is -6.66. The molecule has 0 spiro atoms. The Morgan fingerprint density at radius 3 is 1.94 bits per heavy atom. The third-order valence-electron chi connectivity index (χ3n) is 5.75. The monoisotopic (exact) mass is 713 g/mol. The number of fused-ring (bicyclic) bond motifs is 1. The number of nitrogens with one attached hydrogen (secondary N) is 1. The van der Waals surface area contributed by atoms with Gasteiger partial charge in [-0.1, -0.05) is 5.16 Å². The molecule has 5 rings (SSSR count). The lowest BCUT2D eigenvalue weighted by Crippen LogP contribution is -2.21. The number of halogens is 10. The molecule has 3 heterocycles. The van der Waals surface area contributed by atoms with Crippen LogP contribution in [0.25, 0.3) is 22.3 Å². The number of carboxylic acid groups (broad SMARTS) is 2. The number of anilines is 2. The predicted octanol–water partition coefficient (Wildman–Crippen LogP) is 5.77. The number of rotatable bonds is 4. The van der Waals surface area contributed by atoms with Crippen LogP contribution in [0.2, 0.25) is 0 Å². The molecule has 262 valence electrons. The topological polar surface area (TPSA) is 191 Å². The average molecular weight is 713 g/mol. The number of alkyl halides is 9. The molecule has 0 aliphatic rings. The molecule has 3 aromatic heterocycles. The molecule has 5 N–H and O–H groups in total. The molecule has 0 aliphatic carbocycles. The molecule has 0 fully saturated rings. The van der Waals surface area contributed by atoms with Crippen molar-refractivity contribution in [2.24, 2.45) is 0 Å². The molecule has 0 unspecified atom stereocenters. The van der Waals surface area contributed by atoms with Crippen LogP contribution in [0.15, 0.2) is 59.4 Å². The fourth-order valence-corrected chi connectivity index (χ4v) is 3.55. The van der Waals surface area contributed by atoms with Gasteiger partial charge in [0.15, 0.2) is 17.1 Å². The molecule has 2 aromatic carbocycles. The third-order valence-corrected chi connectivity index (χ3v) is 5.75. The van der Waals surface area contributed by atoms with Crippen molar-refractivity contribution in [1.82, 2.24) is 24.5 Å². The van der Waals surface area contributed by atoms with Gasteiger partial charge >= 0.3 is 30.5 Å². The number of nitrogens with zero attached hydrogens (tertiary/aromatic N) is 5. The molecule has 1 amide bonds. The first-order chi connectivity index (χ1) is 22.5. The second-order valence-corrected chi connectivity index (χ2v) is 9.14. The van der Waals surface area contributed by atoms with Gasteiger partial charge in [-0.05, 0) is 37.3 Å². The third kappa shape index (κ3) is 9.23. The Bertz CT molecular complexity index is 1970. The average Bonchev–Trinajstić information content (AvgIpc) is 3.72. The van der Waals surface area contributed by atoms with Gasteiger partial charge in [0.2, 0.25) is 0 Å². The first-order valence-electron chi connectivity index (χ1n) is 12.5. The zero-order valence-electron chi connectivity index (χ0n) is 23.8. The molecule has 0 radical (unpaired) electrons. The Morgan fingerprint density at radius 2 is 1.45 bits per heavy atom. The van der Waals surface area contributed by atoms with Gasteiger partial charge in [0.25, 0.3) is 5.91 Å². The highest BCUT2D eigenvalue weighted by Crippen LogP contribution is 2.31. The van der Waals surface area contributed by atoms with Crippen LogP contribution in [0.5, 0.6) is 0 Å². The smallest absolute Gasteiger partial charge is 0.475 e. The molecule has 49 heavy (non-hydrogen) atoms. The summed E-state index contributed by atoms with van der Waals surface area (Å²) in [4.78, 5) is 34.8. The lowest BCUT2D eigenvalue weighted by molar-refractivity contribution is -0.193. The van der Waals surface area contributed by atoms with Crippen molar-refractivity contribution >= 4 is 40.3 Å². The Labute approximate surface area is 264 Å². The normalized spacial score (nSPS) is 11.7. The highest BCUT2D eigenvalue weighted by Gasteiger charge is 2.39. The van der Waals surface area contributed by atoms with Gasteiger partial charge < -0.3 is 30.4 Å². The summed E-state index contributed by atoms with van der Waals surface area (Å²) in [7, 11) is 0. The number of carboxylic acids is 2. The van der Waals surface area contributed by atoms with E-state index in [-0.39, 0.29) is 17.2 Å². The van der Waals surface area contributed by atoms with Gasteiger partial charge in [-0.15, -0.1) is 0 Å². The number of hydrogen-bond acceptors (Lipinski definition) is 8. The van der Waals surface area contributed by atoms with Crippen LogP contribution in [0, 0.1) is 12.7 Å². The van der Waals surface area contributed by atoms with Crippen molar-refractivity contribution in [2.45, 2.75) is 25.5 Å². The summed E-state index contributed by atoms with van der Waals surface area (Å²) in [5, 5.41) is 24.0. The molecule has 0 aliphatic heterocycles. The van der Waals surface area contributed by atoms with E-state index < -0.39 is 53.6 Å². The highest BCUT2D eigenvalue weighted by molar-refractivity contribution is 6.04. The van der Waals surface area contributed by atoms with Crippen LogP contribution < -0.4 is 11.1 Å². The number of amides is 1. The fraction of sp³-hybridized carbons (Fsp3) is 0.154. The lowest BCUT2D eigenvalue weighted by atomic mass is 10.2. The van der Waals surface area contributed by atoms with Crippen LogP contribution in [0.1, 0.15) is 22.0 Å². The standard InChI is InChI=1S/C22H15F4N7O2.2C2HF3O2/c1-11-28-6-7-32(11)12-2-4-16(15(23)9-12)29-21(34)17-10-19(22(24,25)26)30-33(17)13-3-5-18-14(8-13)20(27)31-35-18;2*3-2(4,5)1(6)7/h2-10H,1H3,(H2,27,31)(H,29,34);2*(H,6,7). The largest absolute Gasteiger partial charge is 0.490 e. The predicted molar refractivity (Wildman–Crippen MR) is 144 cm³/mol. The second kappa shape index (κ2) is 13.9. The van der Waals surface area contributed by atoms with Crippen LogP contribution in [0.4, 0.5) is 55.4 Å². The van der Waals surface area contributed by atoms with Gasteiger partial charge in [-0.2, -0.15) is 44.6 Å². The molecular weight excluding hydrogens is 696 g/mol. The lowest BCUT2D eigenvalue weighted by Gasteiger charge is -2.11. The quantitative estimate of drug-likeness (QED) is 0.166. The van der Waals surface area contributed by atoms with Crippen LogP contribution in [0.3, 0.4) is 0 Å². The van der Waals surface area contributed by atoms with Crippen molar-refractivity contribution in [1.29, 1.82) is 0 Å². The van der Waals surface area contributed by atoms with E-state index in [4.69, 9.17) is 30.1 Å². The van der Waals surface area contributed by atoms with Crippen molar-refractivity contribution in [3.63, 3.8) is 0 Å². The van der Waals surface area contributed by atoms with E-state index in [1.54, 1.807) is 23.9 Å². The van der Waals surface area contributed by atoms with Crippen molar-refractivity contribution in [3.05, 3.63) is 77.9 Å². The van der Waals surface area contributed by atoms with Crippen LogP contribution in [-0.4, -0.2) is 64.9 Å². The van der Waals surface area contributed by atoms with E-state index in [1.807, 2.05) is 0 Å². The number of imidazole rings is 1. The first kappa shape index (κ1) is 37.3. The fourth-order valence-electron chi connectivity index (χ4n) is 3.55. The Hall–Kier alpha value is -6.16. The summed E-state index contributed by atoms with van der Waals surface area (Å²) in [6, 6.07) is 8.80. The van der Waals surface area contributed by atoms with E-state index in [2.05, 4.69) is 20.6 Å². The van der Waals surface area contributed by atoms with E-state index >= 15 is 0 Å². The molecule has 23 heteroatoms. The number of aromatic nitrogens is 5. The number of nitrogens with two attached hydrogens (primary N) is 1. The summed E-state index contributed by atoms with van der Waals surface area (Å²) < 4.78 is 126. The van der Waals surface area contributed by atoms with E-state index in [0.717, 1.165) is 4.68 Å². The number of aryl methyl sites for hydroxylation is 1. The maximum absolute atomic E-state index is 14.8. The van der Waals surface area contributed by atoms with Crippen molar-refractivity contribution in [2.75, 3.05) is 11.1 Å². The zero-order valence-corrected chi connectivity index (χ0v) is 23.8. The maximum atomic E-state index is 14.8. The highest BCUT2D eigenvalue weighted by atomic mass is 19.4. The second-order valence-electron chi connectivity index (χ2n) is 9.14. The van der Waals surface area contributed by atoms with Crippen LogP contribution >= 0.6 is 0 Å². The molecule has 5 aromatic rings. The number of hydrogen-bond donors (Lipinski definition) is 4. The summed E-state index contributed by atoms with van der Waals surface area (Å²) in [6.07, 6.45) is -11.8. The summed E-state index contributed by atoms with van der Waals surface area (Å²) >= 11 is 0. The molecular formula is C26H17F10N7O6. The van der Waals surface area contributed by atoms with Gasteiger partial charge in [0.1, 0.15) is 17.3 Å². The molecule has 13 nitrogen and oxygen atoms in total. The number of carbonyl (C=O) groups excluding carboxylic acids is 1. The minimum atomic E-state index is -5.08. The van der Waals surface area contributed by atoms with E-state index in [1.165, 1.54) is 36.4 Å². The molecule has 0 bridgehead atoms. The van der Waals surface area contributed by atoms with Crippen LogP contribution in [-0.2, 0) is 15.8 Å². The molecule has 0 saturated carbocycles. The Morgan fingerprint density at radius 1 is 0.878 bits per heavy atom. The van der Waals surface area contributed by atoms with Gasteiger partial charge in [-0.25, -0.2) is 23.6 Å². The minimum absolute atomic E-state index is 0.0198. The van der Waals surface area contributed by atoms with E-state index in [9.17, 15) is 48.7 Å². The first-order valence-corrected chi connectivity index (χ1v) is 12.5. The minimum Gasteiger partial charge on any atom is -0.475 e.